The Labute approximate surface area is 147 Å². The highest BCUT2D eigenvalue weighted by molar-refractivity contribution is 6.32. The normalized spacial score (nSPS) is 9.79. The van der Waals surface area contributed by atoms with Gasteiger partial charge in [-0.1, -0.05) is 11.6 Å². The van der Waals surface area contributed by atoms with E-state index in [0.29, 0.717) is 22.3 Å². The Hall–Kier alpha value is -2.55. The zero-order chi connectivity index (χ0) is 18.4. The lowest BCUT2D eigenvalue weighted by Gasteiger charge is -2.18. The summed E-state index contributed by atoms with van der Waals surface area (Å²) in [6.07, 6.45) is 2.90. The summed E-state index contributed by atoms with van der Waals surface area (Å²) in [4.78, 5) is 21.3. The molecule has 0 radical (unpaired) electrons. The van der Waals surface area contributed by atoms with Crippen molar-refractivity contribution in [1.29, 1.82) is 0 Å². The largest absolute Gasteiger partial charge is 0.393 e. The zero-order valence-corrected chi connectivity index (χ0v) is 15.6. The number of nitrogens with two attached hydrogens (primary N) is 2. The maximum atomic E-state index is 5.88. The molecule has 0 unspecified atom stereocenters. The predicted molar refractivity (Wildman–Crippen MR) is 101 cm³/mol. The average molecular weight is 354 g/mol. The van der Waals surface area contributed by atoms with E-state index in [4.69, 9.17) is 23.1 Å². The molecule has 10 heteroatoms. The second kappa shape index (κ2) is 8.34. The summed E-state index contributed by atoms with van der Waals surface area (Å²) in [5.41, 5.74) is 12.5. The summed E-state index contributed by atoms with van der Waals surface area (Å²) < 4.78 is 0. The summed E-state index contributed by atoms with van der Waals surface area (Å²) >= 11 is 5.66. The smallest absolute Gasteiger partial charge is 0.157 e. The maximum Gasteiger partial charge on any atom is 0.157 e. The molecule has 0 aromatic carbocycles. The number of anilines is 5. The molecule has 0 aliphatic rings. The fraction of sp³-hybridized carbons (Fsp3) is 0.429. The fourth-order valence-corrected chi connectivity index (χ4v) is 1.94. The minimum absolute atomic E-state index is 0.295. The number of nitrogen functional groups attached to an aromatic ring is 2. The lowest BCUT2D eigenvalue weighted by molar-refractivity contribution is 1.00. The molecule has 2 rings (SSSR count). The van der Waals surface area contributed by atoms with E-state index < -0.39 is 0 Å². The van der Waals surface area contributed by atoms with Crippen LogP contribution in [-0.2, 0) is 0 Å². The highest BCUT2D eigenvalue weighted by Gasteiger charge is 2.10. The van der Waals surface area contributed by atoms with Gasteiger partial charge in [0.05, 0.1) is 0 Å². The molecule has 2 aromatic rings. The van der Waals surface area contributed by atoms with Gasteiger partial charge in [-0.25, -0.2) is 19.9 Å². The summed E-state index contributed by atoms with van der Waals surface area (Å²) in [6, 6.07) is 0. The summed E-state index contributed by atoms with van der Waals surface area (Å²) in [5, 5.41) is 0.295. The SMILES string of the molecule is CN(C)c1ncnc(Cl)c1N.CN(C)c1ncnc(N(C)C)c1N. The third-order valence-electron chi connectivity index (χ3n) is 2.93. The second-order valence-electron chi connectivity index (χ2n) is 5.52. The molecule has 0 fully saturated rings. The van der Waals surface area contributed by atoms with E-state index in [1.54, 1.807) is 4.90 Å². The summed E-state index contributed by atoms with van der Waals surface area (Å²) in [5.74, 6) is 2.14. The average Bonchev–Trinajstić information content (AvgIpc) is 2.50. The van der Waals surface area contributed by atoms with Crippen LogP contribution in [0.15, 0.2) is 12.7 Å². The number of rotatable bonds is 3. The van der Waals surface area contributed by atoms with Crippen molar-refractivity contribution in [2.75, 3.05) is 68.5 Å². The van der Waals surface area contributed by atoms with Gasteiger partial charge in [-0.15, -0.1) is 0 Å². The molecule has 24 heavy (non-hydrogen) atoms. The van der Waals surface area contributed by atoms with Crippen LogP contribution in [-0.4, -0.2) is 62.2 Å². The van der Waals surface area contributed by atoms with E-state index in [1.807, 2.05) is 52.1 Å². The topological polar surface area (TPSA) is 113 Å². The van der Waals surface area contributed by atoms with Crippen molar-refractivity contribution in [1.82, 2.24) is 19.9 Å². The van der Waals surface area contributed by atoms with Gasteiger partial charge < -0.3 is 26.2 Å². The Kier molecular flexibility index (Phi) is 6.78. The van der Waals surface area contributed by atoms with Crippen molar-refractivity contribution in [3.05, 3.63) is 17.8 Å². The van der Waals surface area contributed by atoms with Crippen LogP contribution in [0.1, 0.15) is 0 Å². The molecule has 0 saturated heterocycles. The molecule has 0 amide bonds. The second-order valence-corrected chi connectivity index (χ2v) is 5.88. The van der Waals surface area contributed by atoms with Gasteiger partial charge >= 0.3 is 0 Å². The summed E-state index contributed by atoms with van der Waals surface area (Å²) in [7, 11) is 11.3. The minimum atomic E-state index is 0.295. The van der Waals surface area contributed by atoms with Gasteiger partial charge in [0, 0.05) is 42.3 Å². The Morgan fingerprint density at radius 2 is 1.00 bits per heavy atom. The first-order valence-electron chi connectivity index (χ1n) is 7.05. The standard InChI is InChI=1S/C8H15N5.C6H9ClN4/c1-12(2)7-6(9)8(13(3)4)11-5-10-7;1-11(2)6-4(8)5(7)9-3-10-6/h5H,9H2,1-4H3;3H,8H2,1-2H3. The monoisotopic (exact) mass is 353 g/mol. The lowest BCUT2D eigenvalue weighted by Crippen LogP contribution is -2.18. The summed E-state index contributed by atoms with van der Waals surface area (Å²) in [6.45, 7) is 0. The van der Waals surface area contributed by atoms with E-state index in [0.717, 1.165) is 11.6 Å². The Balaban J connectivity index is 0.000000243. The van der Waals surface area contributed by atoms with Gasteiger partial charge in [-0.05, 0) is 0 Å². The number of aromatic nitrogens is 4. The van der Waals surface area contributed by atoms with Gasteiger partial charge in [0.2, 0.25) is 0 Å². The Bertz CT molecular complexity index is 647. The number of nitrogens with zero attached hydrogens (tertiary/aromatic N) is 7. The quantitative estimate of drug-likeness (QED) is 0.779. The third-order valence-corrected chi connectivity index (χ3v) is 3.23. The molecule has 0 aliphatic carbocycles. The first-order chi connectivity index (χ1) is 11.2. The van der Waals surface area contributed by atoms with Gasteiger partial charge in [0.25, 0.3) is 0 Å². The van der Waals surface area contributed by atoms with Crippen LogP contribution in [0.5, 0.6) is 0 Å². The van der Waals surface area contributed by atoms with Gasteiger partial charge in [0.15, 0.2) is 22.6 Å². The van der Waals surface area contributed by atoms with E-state index >= 15 is 0 Å². The van der Waals surface area contributed by atoms with Crippen LogP contribution in [0.2, 0.25) is 5.15 Å². The molecule has 0 saturated carbocycles. The van der Waals surface area contributed by atoms with Crippen molar-refractivity contribution in [2.45, 2.75) is 0 Å². The van der Waals surface area contributed by atoms with E-state index in [1.165, 1.54) is 12.7 Å². The van der Waals surface area contributed by atoms with Crippen LogP contribution in [0.25, 0.3) is 0 Å². The van der Waals surface area contributed by atoms with Crippen LogP contribution in [0.4, 0.5) is 28.8 Å². The lowest BCUT2D eigenvalue weighted by atomic mass is 10.4. The molecule has 0 atom stereocenters. The molecule has 9 nitrogen and oxygen atoms in total. The van der Waals surface area contributed by atoms with Gasteiger partial charge in [-0.3, -0.25) is 0 Å². The Morgan fingerprint density at radius 3 is 1.33 bits per heavy atom. The number of hydrogen-bond acceptors (Lipinski definition) is 9. The molecule has 2 aromatic heterocycles. The van der Waals surface area contributed by atoms with E-state index in [2.05, 4.69) is 19.9 Å². The van der Waals surface area contributed by atoms with Gasteiger partial charge in [-0.2, -0.15) is 0 Å². The molecule has 2 heterocycles. The highest BCUT2D eigenvalue weighted by atomic mass is 35.5. The maximum absolute atomic E-state index is 5.88. The zero-order valence-electron chi connectivity index (χ0n) is 14.8. The third kappa shape index (κ3) is 4.72. The minimum Gasteiger partial charge on any atom is -0.393 e. The van der Waals surface area contributed by atoms with E-state index in [-0.39, 0.29) is 0 Å². The van der Waals surface area contributed by atoms with Crippen molar-refractivity contribution in [3.63, 3.8) is 0 Å². The predicted octanol–water partition coefficient (Wildman–Crippen LogP) is 0.969. The molecular formula is C14H24ClN9. The molecule has 4 N–H and O–H groups in total. The van der Waals surface area contributed by atoms with E-state index in [9.17, 15) is 0 Å². The van der Waals surface area contributed by atoms with Crippen molar-refractivity contribution in [2.24, 2.45) is 0 Å². The molecule has 0 bridgehead atoms. The highest BCUT2D eigenvalue weighted by Crippen LogP contribution is 2.25. The van der Waals surface area contributed by atoms with Crippen LogP contribution in [0, 0.1) is 0 Å². The molecule has 0 aliphatic heterocycles. The molecular weight excluding hydrogens is 330 g/mol. The molecule has 0 spiro atoms. The van der Waals surface area contributed by atoms with Crippen molar-refractivity contribution < 1.29 is 0 Å². The van der Waals surface area contributed by atoms with Crippen molar-refractivity contribution in [3.8, 4) is 0 Å². The number of halogens is 1. The first-order valence-corrected chi connectivity index (χ1v) is 7.43. The molecule has 132 valence electrons. The Morgan fingerprint density at radius 1 is 0.667 bits per heavy atom. The van der Waals surface area contributed by atoms with Crippen molar-refractivity contribution >= 4 is 40.4 Å². The number of hydrogen-bond donors (Lipinski definition) is 2. The van der Waals surface area contributed by atoms with Crippen LogP contribution >= 0.6 is 11.6 Å². The van der Waals surface area contributed by atoms with Crippen LogP contribution in [0.3, 0.4) is 0 Å². The first kappa shape index (κ1) is 19.5. The fourth-order valence-electron chi connectivity index (χ4n) is 1.81. The van der Waals surface area contributed by atoms with Crippen LogP contribution < -0.4 is 26.2 Å². The van der Waals surface area contributed by atoms with Gasteiger partial charge in [0.1, 0.15) is 24.0 Å².